The lowest BCUT2D eigenvalue weighted by atomic mass is 10.1. The first-order valence-electron chi connectivity index (χ1n) is 9.46. The highest BCUT2D eigenvalue weighted by Crippen LogP contribution is 2.39. The molecule has 0 spiro atoms. The van der Waals surface area contributed by atoms with Crippen LogP contribution < -0.4 is 19.5 Å². The van der Waals surface area contributed by atoms with Gasteiger partial charge in [0, 0.05) is 11.6 Å². The van der Waals surface area contributed by atoms with Crippen molar-refractivity contribution >= 4 is 11.7 Å². The number of amides is 1. The van der Waals surface area contributed by atoms with Gasteiger partial charge >= 0.3 is 0 Å². The molecule has 1 amide bonds. The van der Waals surface area contributed by atoms with Crippen LogP contribution in [-0.4, -0.2) is 35.5 Å². The van der Waals surface area contributed by atoms with E-state index in [1.165, 1.54) is 0 Å². The fourth-order valence-corrected chi connectivity index (χ4v) is 2.65. The van der Waals surface area contributed by atoms with Crippen molar-refractivity contribution in [2.75, 3.05) is 25.1 Å². The Morgan fingerprint density at radius 1 is 1.07 bits per heavy atom. The molecule has 1 atom stereocenters. The Kier molecular flexibility index (Phi) is 7.52. The smallest absolute Gasteiger partial charge is 0.257 e. The topological polar surface area (TPSA) is 74.6 Å². The van der Waals surface area contributed by atoms with Crippen molar-refractivity contribution < 1.29 is 19.0 Å². The van der Waals surface area contributed by atoms with Crippen molar-refractivity contribution in [1.29, 1.82) is 0 Å². The normalized spacial score (nSPS) is 11.7. The Morgan fingerprint density at radius 3 is 2.19 bits per heavy atom. The third-order valence-electron chi connectivity index (χ3n) is 4.09. The average molecular weight is 375 g/mol. The first kappa shape index (κ1) is 20.6. The first-order chi connectivity index (χ1) is 13.0. The van der Waals surface area contributed by atoms with Gasteiger partial charge in [-0.1, -0.05) is 6.92 Å². The number of carbonyl (C=O) groups excluding carboxylic acids is 1. The van der Waals surface area contributed by atoms with Gasteiger partial charge in [0.1, 0.15) is 5.82 Å². The van der Waals surface area contributed by atoms with Crippen LogP contribution >= 0.6 is 0 Å². The van der Waals surface area contributed by atoms with Crippen molar-refractivity contribution in [3.63, 3.8) is 0 Å². The van der Waals surface area contributed by atoms with E-state index < -0.39 is 0 Å². The number of hydrogen-bond acceptors (Lipinski definition) is 5. The van der Waals surface area contributed by atoms with Gasteiger partial charge in [-0.15, -0.1) is 0 Å². The van der Waals surface area contributed by atoms with Crippen LogP contribution in [0.15, 0.2) is 24.4 Å². The molecule has 0 saturated heterocycles. The van der Waals surface area contributed by atoms with Gasteiger partial charge in [-0.3, -0.25) is 4.79 Å². The quantitative estimate of drug-likeness (QED) is 0.670. The van der Waals surface area contributed by atoms with Gasteiger partial charge in [-0.25, -0.2) is 4.68 Å². The number of ether oxygens (including phenoxy) is 3. The zero-order valence-corrected chi connectivity index (χ0v) is 16.7. The van der Waals surface area contributed by atoms with Gasteiger partial charge in [0.15, 0.2) is 11.5 Å². The summed E-state index contributed by atoms with van der Waals surface area (Å²) in [5, 5.41) is 7.22. The highest BCUT2D eigenvalue weighted by atomic mass is 16.5. The molecule has 2 aromatic rings. The van der Waals surface area contributed by atoms with Crippen molar-refractivity contribution in [2.24, 2.45) is 0 Å². The SMILES string of the molecule is CCOc1cc(C(=O)Nc2ccnn2[C@@H](C)CC)cc(OCC)c1OCC. The Morgan fingerprint density at radius 2 is 1.67 bits per heavy atom. The number of benzene rings is 1. The summed E-state index contributed by atoms with van der Waals surface area (Å²) in [6.07, 6.45) is 2.59. The minimum absolute atomic E-state index is 0.189. The van der Waals surface area contributed by atoms with Gasteiger partial charge in [-0.2, -0.15) is 5.10 Å². The summed E-state index contributed by atoms with van der Waals surface area (Å²) in [5.41, 5.74) is 0.433. The van der Waals surface area contributed by atoms with Crippen LogP contribution in [-0.2, 0) is 0 Å². The molecule has 0 radical (unpaired) electrons. The van der Waals surface area contributed by atoms with Gasteiger partial charge in [0.25, 0.3) is 5.91 Å². The monoisotopic (exact) mass is 375 g/mol. The molecule has 0 fully saturated rings. The van der Waals surface area contributed by atoms with Gasteiger partial charge in [0.05, 0.1) is 32.1 Å². The lowest BCUT2D eigenvalue weighted by molar-refractivity contribution is 0.102. The second-order valence-corrected chi connectivity index (χ2v) is 5.97. The molecule has 1 aromatic heterocycles. The number of nitrogens with one attached hydrogen (secondary N) is 1. The van der Waals surface area contributed by atoms with Crippen molar-refractivity contribution in [3.05, 3.63) is 30.0 Å². The number of anilines is 1. The third-order valence-corrected chi connectivity index (χ3v) is 4.09. The largest absolute Gasteiger partial charge is 0.490 e. The van der Waals surface area contributed by atoms with Crippen LogP contribution in [0.1, 0.15) is 57.4 Å². The molecule has 1 heterocycles. The first-order valence-corrected chi connectivity index (χ1v) is 9.46. The molecule has 27 heavy (non-hydrogen) atoms. The van der Waals surface area contributed by atoms with E-state index in [1.54, 1.807) is 29.1 Å². The van der Waals surface area contributed by atoms with E-state index in [0.29, 0.717) is 48.5 Å². The van der Waals surface area contributed by atoms with Crippen molar-refractivity contribution in [2.45, 2.75) is 47.1 Å². The van der Waals surface area contributed by atoms with E-state index in [0.717, 1.165) is 6.42 Å². The molecule has 2 rings (SSSR count). The fourth-order valence-electron chi connectivity index (χ4n) is 2.65. The zero-order chi connectivity index (χ0) is 19.8. The van der Waals surface area contributed by atoms with Crippen LogP contribution in [0.25, 0.3) is 0 Å². The van der Waals surface area contributed by atoms with E-state index in [-0.39, 0.29) is 11.9 Å². The summed E-state index contributed by atoms with van der Waals surface area (Å²) in [6, 6.07) is 5.33. The summed E-state index contributed by atoms with van der Waals surface area (Å²) < 4.78 is 18.8. The molecule has 0 aliphatic heterocycles. The molecule has 0 aliphatic rings. The molecule has 7 heteroatoms. The number of nitrogens with zero attached hydrogens (tertiary/aromatic N) is 2. The van der Waals surface area contributed by atoms with Gasteiger partial charge in [0.2, 0.25) is 5.75 Å². The Bertz CT molecular complexity index is 730. The number of aromatic nitrogens is 2. The van der Waals surface area contributed by atoms with E-state index in [2.05, 4.69) is 24.3 Å². The third kappa shape index (κ3) is 4.93. The van der Waals surface area contributed by atoms with Crippen LogP contribution in [0.5, 0.6) is 17.2 Å². The van der Waals surface area contributed by atoms with Gasteiger partial charge in [-0.05, 0) is 46.2 Å². The van der Waals surface area contributed by atoms with Crippen LogP contribution in [0.4, 0.5) is 5.82 Å². The van der Waals surface area contributed by atoms with E-state index in [4.69, 9.17) is 14.2 Å². The highest BCUT2D eigenvalue weighted by molar-refractivity contribution is 6.04. The molecule has 148 valence electrons. The Labute approximate surface area is 160 Å². The molecule has 0 saturated carbocycles. The highest BCUT2D eigenvalue weighted by Gasteiger charge is 2.19. The Balaban J connectivity index is 2.36. The summed E-state index contributed by atoms with van der Waals surface area (Å²) in [4.78, 5) is 12.9. The maximum atomic E-state index is 12.9. The predicted molar refractivity (Wildman–Crippen MR) is 105 cm³/mol. The van der Waals surface area contributed by atoms with Crippen LogP contribution in [0.2, 0.25) is 0 Å². The maximum Gasteiger partial charge on any atom is 0.257 e. The lowest BCUT2D eigenvalue weighted by Gasteiger charge is -2.18. The number of carbonyl (C=O) groups is 1. The Hall–Kier alpha value is -2.70. The van der Waals surface area contributed by atoms with E-state index in [9.17, 15) is 4.79 Å². The molecule has 0 aliphatic carbocycles. The summed E-state index contributed by atoms with van der Waals surface area (Å²) in [6.45, 7) is 11.2. The van der Waals surface area contributed by atoms with Crippen LogP contribution in [0.3, 0.4) is 0 Å². The zero-order valence-electron chi connectivity index (χ0n) is 16.7. The minimum Gasteiger partial charge on any atom is -0.490 e. The number of hydrogen-bond donors (Lipinski definition) is 1. The maximum absolute atomic E-state index is 12.9. The molecule has 1 aromatic carbocycles. The number of rotatable bonds is 10. The summed E-state index contributed by atoms with van der Waals surface area (Å²) in [5.74, 6) is 1.89. The van der Waals surface area contributed by atoms with E-state index >= 15 is 0 Å². The van der Waals surface area contributed by atoms with Crippen molar-refractivity contribution in [1.82, 2.24) is 9.78 Å². The van der Waals surface area contributed by atoms with Crippen LogP contribution in [0, 0.1) is 0 Å². The molecule has 0 unspecified atom stereocenters. The molecule has 0 bridgehead atoms. The molecule has 7 nitrogen and oxygen atoms in total. The predicted octanol–water partition coefficient (Wildman–Crippen LogP) is 4.30. The second-order valence-electron chi connectivity index (χ2n) is 5.97. The molecular formula is C20H29N3O4. The van der Waals surface area contributed by atoms with Crippen molar-refractivity contribution in [3.8, 4) is 17.2 Å². The molecular weight excluding hydrogens is 346 g/mol. The second kappa shape index (κ2) is 9.85. The summed E-state index contributed by atoms with van der Waals surface area (Å²) in [7, 11) is 0. The van der Waals surface area contributed by atoms with E-state index in [1.807, 2.05) is 20.8 Å². The average Bonchev–Trinajstić information content (AvgIpc) is 3.11. The molecule has 1 N–H and O–H groups in total. The lowest BCUT2D eigenvalue weighted by Crippen LogP contribution is -2.18. The minimum atomic E-state index is -0.259. The summed E-state index contributed by atoms with van der Waals surface area (Å²) >= 11 is 0. The fraction of sp³-hybridized carbons (Fsp3) is 0.500. The van der Waals surface area contributed by atoms with Gasteiger partial charge < -0.3 is 19.5 Å². The standard InChI is InChI=1S/C20H29N3O4/c1-6-14(5)23-18(10-11-21-23)22-20(24)15-12-16(25-7-2)19(27-9-4)17(13-15)26-8-3/h10-14H,6-9H2,1-5H3,(H,22,24)/t14-/m0/s1.